The molecule has 0 saturated carbocycles. The van der Waals surface area contributed by atoms with E-state index in [1.54, 1.807) is 6.20 Å². The van der Waals surface area contributed by atoms with E-state index in [1.807, 2.05) is 43.1 Å². The fourth-order valence-electron chi connectivity index (χ4n) is 1.85. The maximum atomic E-state index is 6.04. The molecule has 1 aromatic heterocycles. The molecule has 0 spiro atoms. The summed E-state index contributed by atoms with van der Waals surface area (Å²) in [5.41, 5.74) is 2.11. The third-order valence-electron chi connectivity index (χ3n) is 2.90. The monoisotopic (exact) mass is 283 g/mol. The van der Waals surface area contributed by atoms with Crippen LogP contribution in [-0.2, 0) is 19.5 Å². The van der Waals surface area contributed by atoms with Gasteiger partial charge in [-0.3, -0.25) is 0 Å². The van der Waals surface area contributed by atoms with Crippen molar-refractivity contribution >= 4 is 28.9 Å². The molecule has 1 heterocycles. The van der Waals surface area contributed by atoms with Gasteiger partial charge in [-0.05, 0) is 17.7 Å². The van der Waals surface area contributed by atoms with Crippen LogP contribution in [0.25, 0.3) is 0 Å². The molecule has 0 bridgehead atoms. The topological polar surface area (TPSA) is 21.1 Å². The number of aromatic nitrogens is 2. The molecule has 2 rings (SSSR count). The lowest BCUT2D eigenvalue weighted by Gasteiger charge is -2.22. The summed E-state index contributed by atoms with van der Waals surface area (Å²) in [5.74, 6) is 1.47. The van der Waals surface area contributed by atoms with Gasteiger partial charge < -0.3 is 9.47 Å². The first-order valence-corrected chi connectivity index (χ1v) is 6.55. The highest BCUT2D eigenvalue weighted by Crippen LogP contribution is 2.26. The minimum Gasteiger partial charge on any atom is -0.367 e. The molecular formula is C13H15Cl2N3. The normalized spacial score (nSPS) is 10.7. The molecular weight excluding hydrogens is 269 g/mol. The molecule has 1 aromatic carbocycles. The molecule has 0 saturated heterocycles. The summed E-state index contributed by atoms with van der Waals surface area (Å²) in [4.78, 5) is 6.42. The standard InChI is InChI=1S/C13H15Cl2N3/c1-17-6-5-16-13(17)9-18(2)12-7-11(15)4-3-10(12)8-14/h3-7H,8-9H2,1-2H3. The number of alkyl halides is 1. The number of anilines is 1. The van der Waals surface area contributed by atoms with Gasteiger partial charge in [0.05, 0.1) is 6.54 Å². The highest BCUT2D eigenvalue weighted by Gasteiger charge is 2.10. The van der Waals surface area contributed by atoms with Crippen LogP contribution in [0.4, 0.5) is 5.69 Å². The summed E-state index contributed by atoms with van der Waals surface area (Å²) < 4.78 is 2.00. The third kappa shape index (κ3) is 2.79. The number of nitrogens with zero attached hydrogens (tertiary/aromatic N) is 3. The molecule has 0 aliphatic rings. The molecule has 0 N–H and O–H groups in total. The number of hydrogen-bond acceptors (Lipinski definition) is 2. The van der Waals surface area contributed by atoms with E-state index in [0.717, 1.165) is 17.1 Å². The second-order valence-corrected chi connectivity index (χ2v) is 4.92. The van der Waals surface area contributed by atoms with Crippen LogP contribution in [0, 0.1) is 0 Å². The van der Waals surface area contributed by atoms with Crippen LogP contribution >= 0.6 is 23.2 Å². The average Bonchev–Trinajstić information content (AvgIpc) is 2.75. The van der Waals surface area contributed by atoms with Crippen LogP contribution in [0.5, 0.6) is 0 Å². The summed E-state index contributed by atoms with van der Waals surface area (Å²) in [7, 11) is 3.99. The highest BCUT2D eigenvalue weighted by atomic mass is 35.5. The Kier molecular flexibility index (Phi) is 4.15. The number of imidazole rings is 1. The molecule has 0 aliphatic heterocycles. The predicted octanol–water partition coefficient (Wildman–Crippen LogP) is 3.45. The second kappa shape index (κ2) is 5.63. The van der Waals surface area contributed by atoms with Crippen molar-refractivity contribution < 1.29 is 0 Å². The molecule has 0 aliphatic carbocycles. The van der Waals surface area contributed by atoms with E-state index in [2.05, 4.69) is 9.88 Å². The summed E-state index contributed by atoms with van der Waals surface area (Å²) >= 11 is 12.0. The number of aryl methyl sites for hydroxylation is 1. The number of hydrogen-bond donors (Lipinski definition) is 0. The van der Waals surface area contributed by atoms with E-state index in [1.165, 1.54) is 0 Å². The van der Waals surface area contributed by atoms with Crippen molar-refractivity contribution in [1.82, 2.24) is 9.55 Å². The number of benzene rings is 1. The van der Waals surface area contributed by atoms with Gasteiger partial charge in [0.15, 0.2) is 0 Å². The van der Waals surface area contributed by atoms with Crippen LogP contribution in [0.3, 0.4) is 0 Å². The third-order valence-corrected chi connectivity index (χ3v) is 3.43. The largest absolute Gasteiger partial charge is 0.367 e. The summed E-state index contributed by atoms with van der Waals surface area (Å²) in [6, 6.07) is 5.75. The summed E-state index contributed by atoms with van der Waals surface area (Å²) in [5, 5.41) is 0.713. The smallest absolute Gasteiger partial charge is 0.127 e. The van der Waals surface area contributed by atoms with Gasteiger partial charge in [0.2, 0.25) is 0 Å². The van der Waals surface area contributed by atoms with Crippen LogP contribution < -0.4 is 4.90 Å². The van der Waals surface area contributed by atoms with E-state index in [-0.39, 0.29) is 0 Å². The minimum absolute atomic E-state index is 0.470. The molecule has 0 amide bonds. The molecule has 96 valence electrons. The molecule has 0 radical (unpaired) electrons. The molecule has 3 nitrogen and oxygen atoms in total. The Hall–Kier alpha value is -1.19. The van der Waals surface area contributed by atoms with E-state index in [4.69, 9.17) is 23.2 Å². The maximum absolute atomic E-state index is 6.04. The van der Waals surface area contributed by atoms with Gasteiger partial charge in [-0.2, -0.15) is 0 Å². The van der Waals surface area contributed by atoms with Gasteiger partial charge in [0, 0.05) is 43.1 Å². The van der Waals surface area contributed by atoms with Gasteiger partial charge in [0.1, 0.15) is 5.82 Å². The van der Waals surface area contributed by atoms with E-state index in [0.29, 0.717) is 17.4 Å². The molecule has 18 heavy (non-hydrogen) atoms. The Labute approximate surface area is 117 Å². The molecule has 2 aromatic rings. The lowest BCUT2D eigenvalue weighted by molar-refractivity contribution is 0.760. The molecule has 5 heteroatoms. The van der Waals surface area contributed by atoms with E-state index >= 15 is 0 Å². The van der Waals surface area contributed by atoms with Crippen molar-refractivity contribution in [3.8, 4) is 0 Å². The van der Waals surface area contributed by atoms with Gasteiger partial charge >= 0.3 is 0 Å². The zero-order chi connectivity index (χ0) is 13.1. The maximum Gasteiger partial charge on any atom is 0.127 e. The van der Waals surface area contributed by atoms with E-state index in [9.17, 15) is 0 Å². The van der Waals surface area contributed by atoms with Gasteiger partial charge in [-0.15, -0.1) is 11.6 Å². The quantitative estimate of drug-likeness (QED) is 0.802. The van der Waals surface area contributed by atoms with Crippen molar-refractivity contribution in [3.05, 3.63) is 47.0 Å². The van der Waals surface area contributed by atoms with Gasteiger partial charge in [-0.1, -0.05) is 17.7 Å². The molecule has 0 fully saturated rings. The zero-order valence-electron chi connectivity index (χ0n) is 10.4. The van der Waals surface area contributed by atoms with Crippen molar-refractivity contribution in [2.24, 2.45) is 7.05 Å². The van der Waals surface area contributed by atoms with Crippen molar-refractivity contribution in [1.29, 1.82) is 0 Å². The summed E-state index contributed by atoms with van der Waals surface area (Å²) in [6.07, 6.45) is 3.73. The minimum atomic E-state index is 0.470. The first-order valence-electron chi connectivity index (χ1n) is 5.63. The Bertz CT molecular complexity index is 537. The fraction of sp³-hybridized carbons (Fsp3) is 0.308. The van der Waals surface area contributed by atoms with E-state index < -0.39 is 0 Å². The zero-order valence-corrected chi connectivity index (χ0v) is 11.9. The number of halogens is 2. The lowest BCUT2D eigenvalue weighted by atomic mass is 10.2. The van der Waals surface area contributed by atoms with Crippen LogP contribution in [0.1, 0.15) is 11.4 Å². The Morgan fingerprint density at radius 1 is 1.39 bits per heavy atom. The van der Waals surface area contributed by atoms with Crippen LogP contribution in [-0.4, -0.2) is 16.6 Å². The molecule has 0 unspecified atom stereocenters. The van der Waals surface area contributed by atoms with Crippen molar-refractivity contribution in [2.45, 2.75) is 12.4 Å². The second-order valence-electron chi connectivity index (χ2n) is 4.22. The lowest BCUT2D eigenvalue weighted by Crippen LogP contribution is -2.20. The van der Waals surface area contributed by atoms with Crippen molar-refractivity contribution in [2.75, 3.05) is 11.9 Å². The Balaban J connectivity index is 2.25. The molecule has 0 atom stereocenters. The average molecular weight is 284 g/mol. The van der Waals surface area contributed by atoms with Crippen molar-refractivity contribution in [3.63, 3.8) is 0 Å². The first-order chi connectivity index (χ1) is 8.61. The first kappa shape index (κ1) is 13.2. The highest BCUT2D eigenvalue weighted by molar-refractivity contribution is 6.31. The Morgan fingerprint density at radius 2 is 2.17 bits per heavy atom. The SMILES string of the molecule is CN(Cc1nccn1C)c1cc(Cl)ccc1CCl. The van der Waals surface area contributed by atoms with Gasteiger partial charge in [0.25, 0.3) is 0 Å². The number of rotatable bonds is 4. The fourth-order valence-corrected chi connectivity index (χ4v) is 2.24. The van der Waals surface area contributed by atoms with Crippen LogP contribution in [0.2, 0.25) is 5.02 Å². The predicted molar refractivity (Wildman–Crippen MR) is 76.3 cm³/mol. The Morgan fingerprint density at radius 3 is 2.78 bits per heavy atom. The van der Waals surface area contributed by atoms with Gasteiger partial charge in [-0.25, -0.2) is 4.98 Å². The summed E-state index contributed by atoms with van der Waals surface area (Å²) in [6.45, 7) is 0.716. The van der Waals surface area contributed by atoms with Crippen LogP contribution in [0.15, 0.2) is 30.6 Å².